The van der Waals surface area contributed by atoms with E-state index in [1.54, 1.807) is 13.3 Å². The van der Waals surface area contributed by atoms with Gasteiger partial charge in [-0.15, -0.1) is 0 Å². The van der Waals surface area contributed by atoms with E-state index in [0.717, 1.165) is 11.3 Å². The van der Waals surface area contributed by atoms with Crippen molar-refractivity contribution in [2.75, 3.05) is 7.11 Å². The van der Waals surface area contributed by atoms with Crippen LogP contribution >= 0.6 is 11.6 Å². The van der Waals surface area contributed by atoms with E-state index in [9.17, 15) is 0 Å². The Hall–Kier alpha value is -1.40. The number of methoxy groups -OCH3 is 1. The zero-order chi connectivity index (χ0) is 14.5. The third-order valence-corrected chi connectivity index (χ3v) is 3.58. The minimum atomic E-state index is -0.280. The van der Waals surface area contributed by atoms with Crippen LogP contribution < -0.4 is 11.3 Å². The number of halogens is 1. The van der Waals surface area contributed by atoms with Crippen LogP contribution in [0.2, 0.25) is 5.02 Å². The topological polar surface area (TPSA) is 65.1 Å². The van der Waals surface area contributed by atoms with Crippen molar-refractivity contribution in [2.45, 2.75) is 25.6 Å². The van der Waals surface area contributed by atoms with Crippen molar-refractivity contribution in [3.05, 3.63) is 52.8 Å². The first-order valence-corrected chi connectivity index (χ1v) is 6.85. The molecule has 0 fully saturated rings. The Kier molecular flexibility index (Phi) is 5.14. The number of hydrogen-bond acceptors (Lipinski definition) is 4. The largest absolute Gasteiger partial charge is 0.375 e. The second-order valence-electron chi connectivity index (χ2n) is 4.40. The molecular formula is C14H19ClN4O. The van der Waals surface area contributed by atoms with Crippen molar-refractivity contribution in [2.24, 2.45) is 5.84 Å². The number of hydrogen-bond donors (Lipinski definition) is 2. The molecule has 3 N–H and O–H groups in total. The van der Waals surface area contributed by atoms with Gasteiger partial charge in [-0.1, -0.05) is 41.9 Å². The molecule has 0 amide bonds. The Morgan fingerprint density at radius 3 is 2.65 bits per heavy atom. The van der Waals surface area contributed by atoms with E-state index in [1.807, 2.05) is 41.9 Å². The minimum Gasteiger partial charge on any atom is -0.375 e. The summed E-state index contributed by atoms with van der Waals surface area (Å²) in [4.78, 5) is 0. The molecule has 0 aliphatic rings. The summed E-state index contributed by atoms with van der Waals surface area (Å²) in [5, 5.41) is 4.82. The highest BCUT2D eigenvalue weighted by atomic mass is 35.5. The normalized spacial score (nSPS) is 14.2. The smallest absolute Gasteiger partial charge is 0.104 e. The van der Waals surface area contributed by atoms with E-state index in [1.165, 1.54) is 0 Å². The molecule has 6 heteroatoms. The van der Waals surface area contributed by atoms with Crippen LogP contribution in [0.5, 0.6) is 0 Å². The standard InChI is InChI=1S/C14H19ClN4O/c1-3-19-13(11(15)9-17-19)12(18-16)14(20-2)10-7-5-4-6-8-10/h4-9,12,14,18H,3,16H2,1-2H3. The number of nitrogens with one attached hydrogen (secondary N) is 1. The van der Waals surface area contributed by atoms with Crippen molar-refractivity contribution in [1.82, 2.24) is 15.2 Å². The summed E-state index contributed by atoms with van der Waals surface area (Å²) in [7, 11) is 1.66. The molecule has 1 aromatic carbocycles. The predicted molar refractivity (Wildman–Crippen MR) is 79.2 cm³/mol. The monoisotopic (exact) mass is 294 g/mol. The summed E-state index contributed by atoms with van der Waals surface area (Å²) in [6.07, 6.45) is 1.38. The van der Waals surface area contributed by atoms with Crippen LogP contribution in [0.25, 0.3) is 0 Å². The Bertz CT molecular complexity index is 543. The lowest BCUT2D eigenvalue weighted by atomic mass is 10.00. The summed E-state index contributed by atoms with van der Waals surface area (Å²) >= 11 is 6.25. The fourth-order valence-electron chi connectivity index (χ4n) is 2.35. The Labute approximate surface area is 123 Å². The van der Waals surface area contributed by atoms with Crippen molar-refractivity contribution >= 4 is 11.6 Å². The second-order valence-corrected chi connectivity index (χ2v) is 4.81. The van der Waals surface area contributed by atoms with Crippen LogP contribution in [0.15, 0.2) is 36.5 Å². The maximum Gasteiger partial charge on any atom is 0.104 e. The minimum absolute atomic E-state index is 0.249. The van der Waals surface area contributed by atoms with Crippen LogP contribution in [0.3, 0.4) is 0 Å². The maximum atomic E-state index is 6.25. The first-order valence-electron chi connectivity index (χ1n) is 6.48. The fraction of sp³-hybridized carbons (Fsp3) is 0.357. The van der Waals surface area contributed by atoms with Crippen molar-refractivity contribution < 1.29 is 4.74 Å². The van der Waals surface area contributed by atoms with Crippen molar-refractivity contribution in [1.29, 1.82) is 0 Å². The number of nitrogens with zero attached hydrogens (tertiary/aromatic N) is 2. The lowest BCUT2D eigenvalue weighted by molar-refractivity contribution is 0.0647. The summed E-state index contributed by atoms with van der Waals surface area (Å²) < 4.78 is 7.45. The molecule has 108 valence electrons. The molecule has 2 aromatic rings. The van der Waals surface area contributed by atoms with E-state index >= 15 is 0 Å². The van der Waals surface area contributed by atoms with Gasteiger partial charge in [0, 0.05) is 13.7 Å². The highest BCUT2D eigenvalue weighted by Gasteiger charge is 2.28. The lowest BCUT2D eigenvalue weighted by Crippen LogP contribution is -2.35. The van der Waals surface area contributed by atoms with Gasteiger partial charge in [-0.25, -0.2) is 5.43 Å². The zero-order valence-electron chi connectivity index (χ0n) is 11.6. The first kappa shape index (κ1) is 15.0. The van der Waals surface area contributed by atoms with Crippen LogP contribution in [-0.4, -0.2) is 16.9 Å². The average Bonchev–Trinajstić information content (AvgIpc) is 2.86. The highest BCUT2D eigenvalue weighted by Crippen LogP contribution is 2.34. The second kappa shape index (κ2) is 6.85. The molecule has 20 heavy (non-hydrogen) atoms. The average molecular weight is 295 g/mol. The summed E-state index contributed by atoms with van der Waals surface area (Å²) in [5.74, 6) is 5.74. The molecule has 0 saturated carbocycles. The number of rotatable bonds is 6. The van der Waals surface area contributed by atoms with Gasteiger partial charge in [0.05, 0.1) is 23.0 Å². The van der Waals surface area contributed by atoms with Gasteiger partial charge in [0.15, 0.2) is 0 Å². The highest BCUT2D eigenvalue weighted by molar-refractivity contribution is 6.31. The molecule has 0 saturated heterocycles. The van der Waals surface area contributed by atoms with Gasteiger partial charge in [0.1, 0.15) is 6.10 Å². The van der Waals surface area contributed by atoms with Crippen LogP contribution in [0.1, 0.15) is 30.3 Å². The fourth-order valence-corrected chi connectivity index (χ4v) is 2.61. The summed E-state index contributed by atoms with van der Waals surface area (Å²) in [6, 6.07) is 9.61. The lowest BCUT2D eigenvalue weighted by Gasteiger charge is -2.26. The number of aromatic nitrogens is 2. The molecule has 1 aromatic heterocycles. The van der Waals surface area contributed by atoms with E-state index in [2.05, 4.69) is 10.5 Å². The molecular weight excluding hydrogens is 276 g/mol. The van der Waals surface area contributed by atoms with Crippen molar-refractivity contribution in [3.8, 4) is 0 Å². The molecule has 0 aliphatic carbocycles. The first-order chi connectivity index (χ1) is 9.72. The number of benzene rings is 1. The van der Waals surface area contributed by atoms with E-state index in [0.29, 0.717) is 11.6 Å². The number of ether oxygens (including phenoxy) is 1. The third kappa shape index (κ3) is 2.86. The van der Waals surface area contributed by atoms with Gasteiger partial charge in [0.2, 0.25) is 0 Å². The Morgan fingerprint density at radius 2 is 2.10 bits per heavy atom. The number of hydrazine groups is 1. The Balaban J connectivity index is 2.42. The van der Waals surface area contributed by atoms with Crippen LogP contribution in [0.4, 0.5) is 0 Å². The van der Waals surface area contributed by atoms with Gasteiger partial charge in [0.25, 0.3) is 0 Å². The Morgan fingerprint density at radius 1 is 1.40 bits per heavy atom. The van der Waals surface area contributed by atoms with Gasteiger partial charge >= 0.3 is 0 Å². The molecule has 0 aliphatic heterocycles. The molecule has 0 bridgehead atoms. The molecule has 0 spiro atoms. The molecule has 2 rings (SSSR count). The van der Waals surface area contributed by atoms with Gasteiger partial charge in [-0.3, -0.25) is 10.5 Å². The van der Waals surface area contributed by atoms with E-state index in [4.69, 9.17) is 22.2 Å². The predicted octanol–water partition coefficient (Wildman–Crippen LogP) is 2.45. The zero-order valence-corrected chi connectivity index (χ0v) is 12.3. The van der Waals surface area contributed by atoms with E-state index < -0.39 is 0 Å². The quantitative estimate of drug-likeness (QED) is 0.634. The molecule has 2 unspecified atom stereocenters. The van der Waals surface area contributed by atoms with Gasteiger partial charge in [-0.2, -0.15) is 5.10 Å². The maximum absolute atomic E-state index is 6.25. The number of aryl methyl sites for hydroxylation is 1. The molecule has 5 nitrogen and oxygen atoms in total. The van der Waals surface area contributed by atoms with Gasteiger partial charge in [-0.05, 0) is 12.5 Å². The summed E-state index contributed by atoms with van der Waals surface area (Å²) in [6.45, 7) is 2.72. The van der Waals surface area contributed by atoms with Gasteiger partial charge < -0.3 is 4.74 Å². The molecule has 2 atom stereocenters. The van der Waals surface area contributed by atoms with Crippen molar-refractivity contribution in [3.63, 3.8) is 0 Å². The third-order valence-electron chi connectivity index (χ3n) is 3.29. The molecule has 0 radical (unpaired) electrons. The SMILES string of the molecule is CCn1ncc(Cl)c1C(NN)C(OC)c1ccccc1. The van der Waals surface area contributed by atoms with Crippen LogP contribution in [0, 0.1) is 0 Å². The van der Waals surface area contributed by atoms with E-state index in [-0.39, 0.29) is 12.1 Å². The molecule has 1 heterocycles. The summed E-state index contributed by atoms with van der Waals surface area (Å²) in [5.41, 5.74) is 4.65. The number of nitrogens with two attached hydrogens (primary N) is 1. The van der Waals surface area contributed by atoms with Crippen LogP contribution in [-0.2, 0) is 11.3 Å².